The number of morpholine rings is 1. The van der Waals surface area contributed by atoms with Crippen LogP contribution < -0.4 is 15.8 Å². The number of aromatic nitrogens is 1. The van der Waals surface area contributed by atoms with E-state index in [4.69, 9.17) is 16.3 Å². The zero-order valence-corrected chi connectivity index (χ0v) is 16.1. The molecular weight excluding hydrogens is 432 g/mol. The largest absolute Gasteiger partial charge is 0.378 e. The standard InChI is InChI=1S/C15H14BrClN4O3S/c16-9-1-2-11(17)10(7-9)13(22)19-20-14(23)12-8-25-15(18-12)21-3-5-24-6-4-21/h1-2,7-8H,3-6H2,(H,19,22)(H,20,23). The van der Waals surface area contributed by atoms with E-state index in [-0.39, 0.29) is 11.3 Å². The molecule has 1 aliphatic heterocycles. The van der Waals surface area contributed by atoms with Crippen LogP contribution in [0.25, 0.3) is 0 Å². The lowest BCUT2D eigenvalue weighted by atomic mass is 10.2. The van der Waals surface area contributed by atoms with Crippen molar-refractivity contribution >= 4 is 55.8 Å². The van der Waals surface area contributed by atoms with Crippen LogP contribution in [0.4, 0.5) is 5.13 Å². The van der Waals surface area contributed by atoms with Crippen LogP contribution >= 0.6 is 38.9 Å². The summed E-state index contributed by atoms with van der Waals surface area (Å²) in [7, 11) is 0. The Kier molecular flexibility index (Phi) is 5.89. The molecule has 7 nitrogen and oxygen atoms in total. The van der Waals surface area contributed by atoms with E-state index in [2.05, 4.69) is 36.7 Å². The predicted molar refractivity (Wildman–Crippen MR) is 99.2 cm³/mol. The van der Waals surface area contributed by atoms with Gasteiger partial charge in [0.05, 0.1) is 23.8 Å². The number of hydrogen-bond donors (Lipinski definition) is 2. The Bertz CT molecular complexity index is 795. The van der Waals surface area contributed by atoms with Crippen molar-refractivity contribution in [1.29, 1.82) is 0 Å². The van der Waals surface area contributed by atoms with Gasteiger partial charge in [-0.2, -0.15) is 0 Å². The van der Waals surface area contributed by atoms with Crippen molar-refractivity contribution in [2.75, 3.05) is 31.2 Å². The van der Waals surface area contributed by atoms with Gasteiger partial charge in [0.15, 0.2) is 5.13 Å². The Morgan fingerprint density at radius 1 is 1.24 bits per heavy atom. The first-order valence-corrected chi connectivity index (χ1v) is 9.43. The van der Waals surface area contributed by atoms with Gasteiger partial charge in [0.2, 0.25) is 0 Å². The summed E-state index contributed by atoms with van der Waals surface area (Å²) in [6.45, 7) is 2.77. The number of hydrogen-bond acceptors (Lipinski definition) is 6. The summed E-state index contributed by atoms with van der Waals surface area (Å²) in [6, 6.07) is 4.89. The molecule has 132 valence electrons. The van der Waals surface area contributed by atoms with Gasteiger partial charge in [-0.15, -0.1) is 11.3 Å². The van der Waals surface area contributed by atoms with Crippen LogP contribution in [-0.2, 0) is 4.74 Å². The number of benzene rings is 1. The molecule has 0 unspecified atom stereocenters. The highest BCUT2D eigenvalue weighted by atomic mass is 79.9. The number of carbonyl (C=O) groups is 2. The van der Waals surface area contributed by atoms with E-state index < -0.39 is 11.8 Å². The Balaban J connectivity index is 1.60. The number of carbonyl (C=O) groups excluding carboxylic acids is 2. The number of thiazole rings is 1. The summed E-state index contributed by atoms with van der Waals surface area (Å²) in [6.07, 6.45) is 0. The molecule has 0 bridgehead atoms. The Morgan fingerprint density at radius 2 is 1.96 bits per heavy atom. The van der Waals surface area contributed by atoms with Gasteiger partial charge in [-0.25, -0.2) is 4.98 Å². The summed E-state index contributed by atoms with van der Waals surface area (Å²) in [5, 5.41) is 2.70. The maximum Gasteiger partial charge on any atom is 0.289 e. The summed E-state index contributed by atoms with van der Waals surface area (Å²) >= 11 is 10.6. The molecular formula is C15H14BrClN4O3S. The zero-order chi connectivity index (χ0) is 17.8. The number of rotatable bonds is 3. The normalized spacial score (nSPS) is 14.2. The lowest BCUT2D eigenvalue weighted by molar-refractivity contribution is 0.0844. The van der Waals surface area contributed by atoms with E-state index in [0.717, 1.165) is 18.2 Å². The molecule has 2 aromatic rings. The van der Waals surface area contributed by atoms with Crippen LogP contribution in [0.2, 0.25) is 5.02 Å². The summed E-state index contributed by atoms with van der Waals surface area (Å²) in [5.41, 5.74) is 5.19. The molecule has 0 aliphatic carbocycles. The van der Waals surface area contributed by atoms with Crippen molar-refractivity contribution in [1.82, 2.24) is 15.8 Å². The highest BCUT2D eigenvalue weighted by Crippen LogP contribution is 2.22. The predicted octanol–water partition coefficient (Wildman–Crippen LogP) is 2.47. The van der Waals surface area contributed by atoms with Gasteiger partial charge >= 0.3 is 0 Å². The van der Waals surface area contributed by atoms with Crippen molar-refractivity contribution in [3.8, 4) is 0 Å². The molecule has 1 aromatic carbocycles. The average molecular weight is 446 g/mol. The third-order valence-electron chi connectivity index (χ3n) is 3.47. The molecule has 2 heterocycles. The highest BCUT2D eigenvalue weighted by Gasteiger charge is 2.18. The maximum absolute atomic E-state index is 12.2. The molecule has 10 heteroatoms. The Labute approximate surface area is 161 Å². The second-order valence-electron chi connectivity index (χ2n) is 5.15. The van der Waals surface area contributed by atoms with Crippen LogP contribution in [0.5, 0.6) is 0 Å². The van der Waals surface area contributed by atoms with Gasteiger partial charge in [0.1, 0.15) is 5.69 Å². The minimum absolute atomic E-state index is 0.243. The second-order valence-corrected chi connectivity index (χ2v) is 7.31. The van der Waals surface area contributed by atoms with Gasteiger partial charge < -0.3 is 9.64 Å². The second kappa shape index (κ2) is 8.13. The van der Waals surface area contributed by atoms with E-state index in [1.54, 1.807) is 23.6 Å². The van der Waals surface area contributed by atoms with Crippen LogP contribution in [0.15, 0.2) is 28.1 Å². The van der Waals surface area contributed by atoms with E-state index in [1.807, 2.05) is 0 Å². The average Bonchev–Trinajstić information content (AvgIpc) is 3.12. The Morgan fingerprint density at radius 3 is 2.72 bits per heavy atom. The van der Waals surface area contributed by atoms with Gasteiger partial charge in [-0.1, -0.05) is 27.5 Å². The number of halogens is 2. The van der Waals surface area contributed by atoms with E-state index in [9.17, 15) is 9.59 Å². The molecule has 2 N–H and O–H groups in total. The molecule has 2 amide bonds. The van der Waals surface area contributed by atoms with Crippen LogP contribution in [0.1, 0.15) is 20.8 Å². The topological polar surface area (TPSA) is 83.6 Å². The maximum atomic E-state index is 12.2. The summed E-state index contributed by atoms with van der Waals surface area (Å²) in [5.74, 6) is -1.00. The molecule has 0 radical (unpaired) electrons. The molecule has 1 aromatic heterocycles. The minimum atomic E-state index is -0.511. The highest BCUT2D eigenvalue weighted by molar-refractivity contribution is 9.10. The SMILES string of the molecule is O=C(NNC(=O)c1cc(Br)ccc1Cl)c1csc(N2CCOCC2)n1. The molecule has 3 rings (SSSR count). The fraction of sp³-hybridized carbons (Fsp3) is 0.267. The van der Waals surface area contributed by atoms with Gasteiger partial charge in [-0.05, 0) is 18.2 Å². The third kappa shape index (κ3) is 4.49. The number of nitrogens with one attached hydrogen (secondary N) is 2. The quantitative estimate of drug-likeness (QED) is 0.709. The number of ether oxygens (including phenoxy) is 1. The lowest BCUT2D eigenvalue weighted by Gasteiger charge is -2.25. The van der Waals surface area contributed by atoms with Crippen molar-refractivity contribution < 1.29 is 14.3 Å². The van der Waals surface area contributed by atoms with Gasteiger partial charge in [-0.3, -0.25) is 20.4 Å². The van der Waals surface area contributed by atoms with E-state index >= 15 is 0 Å². The minimum Gasteiger partial charge on any atom is -0.378 e. The molecule has 0 spiro atoms. The number of amides is 2. The van der Waals surface area contributed by atoms with Gasteiger partial charge in [0.25, 0.3) is 11.8 Å². The van der Waals surface area contributed by atoms with Crippen molar-refractivity contribution in [2.45, 2.75) is 0 Å². The molecule has 1 aliphatic rings. The lowest BCUT2D eigenvalue weighted by Crippen LogP contribution is -2.42. The number of nitrogens with zero attached hydrogens (tertiary/aromatic N) is 2. The van der Waals surface area contributed by atoms with Crippen molar-refractivity contribution in [2.24, 2.45) is 0 Å². The van der Waals surface area contributed by atoms with E-state index in [0.29, 0.717) is 22.7 Å². The van der Waals surface area contributed by atoms with E-state index in [1.165, 1.54) is 11.3 Å². The first kappa shape index (κ1) is 18.1. The Hall–Kier alpha value is -1.68. The fourth-order valence-electron chi connectivity index (χ4n) is 2.18. The summed E-state index contributed by atoms with van der Waals surface area (Å²) < 4.78 is 6.01. The van der Waals surface area contributed by atoms with Gasteiger partial charge in [0, 0.05) is 22.9 Å². The monoisotopic (exact) mass is 444 g/mol. The first-order chi connectivity index (χ1) is 12.0. The number of hydrazine groups is 1. The fourth-order valence-corrected chi connectivity index (χ4v) is 3.61. The molecule has 25 heavy (non-hydrogen) atoms. The van der Waals surface area contributed by atoms with Crippen LogP contribution in [0, 0.1) is 0 Å². The summed E-state index contributed by atoms with van der Waals surface area (Å²) in [4.78, 5) is 30.7. The molecule has 1 fully saturated rings. The van der Waals surface area contributed by atoms with Crippen LogP contribution in [0.3, 0.4) is 0 Å². The van der Waals surface area contributed by atoms with Crippen molar-refractivity contribution in [3.63, 3.8) is 0 Å². The van der Waals surface area contributed by atoms with Crippen molar-refractivity contribution in [3.05, 3.63) is 44.3 Å². The molecule has 0 saturated carbocycles. The third-order valence-corrected chi connectivity index (χ3v) is 5.19. The zero-order valence-electron chi connectivity index (χ0n) is 12.9. The van der Waals surface area contributed by atoms with Crippen LogP contribution in [-0.4, -0.2) is 43.1 Å². The first-order valence-electron chi connectivity index (χ1n) is 7.38. The molecule has 0 atom stereocenters. The smallest absolute Gasteiger partial charge is 0.289 e. The molecule has 1 saturated heterocycles. The number of anilines is 1.